The first-order chi connectivity index (χ1) is 13.8. The Labute approximate surface area is 173 Å². The minimum atomic E-state index is -0.786. The molecular weight excluding hydrogens is 376 g/mol. The molecular formula is C21H36N2O6. The Balaban J connectivity index is 0.000000481. The van der Waals surface area contributed by atoms with E-state index in [4.69, 9.17) is 19.9 Å². The summed E-state index contributed by atoms with van der Waals surface area (Å²) in [5.74, 6) is -0.332. The second-order valence-corrected chi connectivity index (χ2v) is 6.76. The number of nitrogens with zero attached hydrogens (tertiary/aromatic N) is 1. The number of hydrogen-bond acceptors (Lipinski definition) is 7. The lowest BCUT2D eigenvalue weighted by Crippen LogP contribution is -2.24. The molecule has 1 amide bonds. The van der Waals surface area contributed by atoms with Crippen LogP contribution in [0.2, 0.25) is 0 Å². The number of rotatable bonds is 8. The van der Waals surface area contributed by atoms with E-state index in [0.717, 1.165) is 12.5 Å². The predicted molar refractivity (Wildman–Crippen MR) is 111 cm³/mol. The fourth-order valence-electron chi connectivity index (χ4n) is 2.10. The van der Waals surface area contributed by atoms with Gasteiger partial charge in [0.25, 0.3) is 5.91 Å². The lowest BCUT2D eigenvalue weighted by atomic mass is 9.86. The largest absolute Gasteiger partial charge is 0.503 e. The number of primary amides is 1. The van der Waals surface area contributed by atoms with E-state index in [0.29, 0.717) is 13.0 Å². The summed E-state index contributed by atoms with van der Waals surface area (Å²) in [7, 11) is 1.37. The molecule has 2 rings (SSSR count). The molecule has 1 saturated carbocycles. The number of nitrogens with two attached hydrogens (primary N) is 1. The summed E-state index contributed by atoms with van der Waals surface area (Å²) < 4.78 is 15.3. The zero-order chi connectivity index (χ0) is 22.2. The number of pyridine rings is 1. The number of hydrogen-bond donors (Lipinski definition) is 2. The van der Waals surface area contributed by atoms with Gasteiger partial charge in [0.2, 0.25) is 0 Å². The van der Waals surface area contributed by atoms with Gasteiger partial charge in [-0.1, -0.05) is 33.6 Å². The minimum absolute atomic E-state index is 0.0334. The van der Waals surface area contributed by atoms with Crippen LogP contribution in [0.3, 0.4) is 0 Å². The molecule has 1 atom stereocenters. The minimum Gasteiger partial charge on any atom is -0.503 e. The number of carbonyl (C=O) groups excluding carboxylic acids is 2. The average Bonchev–Trinajstić information content (AvgIpc) is 2.66. The third kappa shape index (κ3) is 11.3. The van der Waals surface area contributed by atoms with Gasteiger partial charge in [-0.2, -0.15) is 0 Å². The molecule has 8 heteroatoms. The first-order valence-corrected chi connectivity index (χ1v) is 10.1. The smallest absolute Gasteiger partial charge is 0.305 e. The SMILES string of the molecule is CCC.CCC(=O)OCC(C)OCC1CCC1.COc1ccnc(C(N)=O)c1O. The molecule has 166 valence electrons. The molecule has 1 aliphatic carbocycles. The first-order valence-electron chi connectivity index (χ1n) is 10.1. The van der Waals surface area contributed by atoms with Crippen LogP contribution in [0.1, 0.15) is 70.3 Å². The Bertz CT molecular complexity index is 605. The summed E-state index contributed by atoms with van der Waals surface area (Å²) in [6, 6.07) is 1.43. The number of aromatic hydroxyl groups is 1. The Morgan fingerprint density at radius 3 is 2.38 bits per heavy atom. The number of esters is 1. The molecule has 1 aromatic rings. The van der Waals surface area contributed by atoms with Gasteiger partial charge in [0.1, 0.15) is 6.61 Å². The number of ether oxygens (including phenoxy) is 3. The third-order valence-electron chi connectivity index (χ3n) is 3.95. The van der Waals surface area contributed by atoms with E-state index in [1.807, 2.05) is 6.92 Å². The van der Waals surface area contributed by atoms with Crippen molar-refractivity contribution in [3.8, 4) is 11.5 Å². The summed E-state index contributed by atoms with van der Waals surface area (Å²) in [6.45, 7) is 9.20. The molecule has 0 aromatic carbocycles. The van der Waals surface area contributed by atoms with Gasteiger partial charge in [-0.05, 0) is 25.7 Å². The molecule has 1 aromatic heterocycles. The maximum atomic E-state index is 10.8. The van der Waals surface area contributed by atoms with E-state index in [-0.39, 0.29) is 29.3 Å². The normalized spacial score (nSPS) is 13.6. The van der Waals surface area contributed by atoms with Gasteiger partial charge in [0.05, 0.1) is 13.2 Å². The highest BCUT2D eigenvalue weighted by Gasteiger charge is 2.18. The van der Waals surface area contributed by atoms with Crippen molar-refractivity contribution in [2.75, 3.05) is 20.3 Å². The molecule has 0 aliphatic heterocycles. The molecule has 3 N–H and O–H groups in total. The van der Waals surface area contributed by atoms with Crippen LogP contribution in [0, 0.1) is 5.92 Å². The average molecular weight is 413 g/mol. The second-order valence-electron chi connectivity index (χ2n) is 6.76. The van der Waals surface area contributed by atoms with E-state index in [9.17, 15) is 14.7 Å². The van der Waals surface area contributed by atoms with Gasteiger partial charge in [0, 0.05) is 25.3 Å². The molecule has 0 saturated heterocycles. The lowest BCUT2D eigenvalue weighted by molar-refractivity contribution is -0.147. The van der Waals surface area contributed by atoms with Gasteiger partial charge in [-0.25, -0.2) is 4.98 Å². The topological polar surface area (TPSA) is 121 Å². The molecule has 8 nitrogen and oxygen atoms in total. The number of aromatic nitrogens is 1. The Kier molecular flexibility index (Phi) is 14.3. The van der Waals surface area contributed by atoms with Crippen molar-refractivity contribution in [2.45, 2.75) is 65.9 Å². The van der Waals surface area contributed by atoms with Crippen LogP contribution >= 0.6 is 0 Å². The lowest BCUT2D eigenvalue weighted by Gasteiger charge is -2.26. The molecule has 1 heterocycles. The summed E-state index contributed by atoms with van der Waals surface area (Å²) in [4.78, 5) is 25.1. The number of amides is 1. The third-order valence-corrected chi connectivity index (χ3v) is 3.95. The molecule has 0 bridgehead atoms. The van der Waals surface area contributed by atoms with Crippen LogP contribution < -0.4 is 10.5 Å². The van der Waals surface area contributed by atoms with E-state index >= 15 is 0 Å². The molecule has 1 unspecified atom stereocenters. The highest BCUT2D eigenvalue weighted by Crippen LogP contribution is 2.27. The van der Waals surface area contributed by atoms with Crippen LogP contribution in [0.4, 0.5) is 0 Å². The first kappa shape index (κ1) is 26.6. The molecule has 29 heavy (non-hydrogen) atoms. The molecule has 0 radical (unpaired) electrons. The van der Waals surface area contributed by atoms with Crippen LogP contribution in [0.5, 0.6) is 11.5 Å². The highest BCUT2D eigenvalue weighted by molar-refractivity contribution is 5.94. The molecule has 1 aliphatic rings. The Morgan fingerprint density at radius 1 is 1.31 bits per heavy atom. The van der Waals surface area contributed by atoms with Crippen molar-refractivity contribution in [1.29, 1.82) is 0 Å². The summed E-state index contributed by atoms with van der Waals surface area (Å²) >= 11 is 0. The Morgan fingerprint density at radius 2 is 1.93 bits per heavy atom. The quantitative estimate of drug-likeness (QED) is 0.627. The highest BCUT2D eigenvalue weighted by atomic mass is 16.6. The second kappa shape index (κ2) is 15.6. The van der Waals surface area contributed by atoms with Gasteiger partial charge in [0.15, 0.2) is 17.2 Å². The van der Waals surface area contributed by atoms with Crippen LogP contribution in [0.25, 0.3) is 0 Å². The Hall–Kier alpha value is -2.35. The van der Waals surface area contributed by atoms with E-state index < -0.39 is 5.91 Å². The van der Waals surface area contributed by atoms with Crippen LogP contribution in [-0.4, -0.2) is 48.4 Å². The standard InChI is InChI=1S/C11H20O3.C7H8N2O3.C3H8/c1-3-11(12)14-7-9(2)13-8-10-5-4-6-10;1-12-4-2-3-9-5(6(4)10)7(8)11;1-3-2/h9-10H,3-8H2,1-2H3;2-3,10H,1H3,(H2,8,11);3H2,1-2H3. The van der Waals surface area contributed by atoms with Gasteiger partial charge < -0.3 is 25.1 Å². The zero-order valence-corrected chi connectivity index (χ0v) is 18.3. The van der Waals surface area contributed by atoms with Crippen molar-refractivity contribution in [2.24, 2.45) is 11.7 Å². The summed E-state index contributed by atoms with van der Waals surface area (Å²) in [5, 5.41) is 9.27. The number of methoxy groups -OCH3 is 1. The van der Waals surface area contributed by atoms with E-state index in [1.165, 1.54) is 45.1 Å². The predicted octanol–water partition coefficient (Wildman–Crippen LogP) is 3.46. The van der Waals surface area contributed by atoms with E-state index in [2.05, 4.69) is 18.8 Å². The van der Waals surface area contributed by atoms with Crippen molar-refractivity contribution in [3.05, 3.63) is 18.0 Å². The fraction of sp³-hybridized carbons (Fsp3) is 0.667. The van der Waals surface area contributed by atoms with Gasteiger partial charge in [-0.3, -0.25) is 9.59 Å². The monoisotopic (exact) mass is 412 g/mol. The number of carbonyl (C=O) groups is 2. The molecule has 0 spiro atoms. The van der Waals surface area contributed by atoms with Gasteiger partial charge in [-0.15, -0.1) is 0 Å². The molecule has 1 fully saturated rings. The fourth-order valence-corrected chi connectivity index (χ4v) is 2.10. The van der Waals surface area contributed by atoms with Crippen molar-refractivity contribution >= 4 is 11.9 Å². The summed E-state index contributed by atoms with van der Waals surface area (Å²) in [6.07, 6.45) is 6.98. The van der Waals surface area contributed by atoms with Crippen molar-refractivity contribution in [1.82, 2.24) is 4.98 Å². The maximum Gasteiger partial charge on any atom is 0.305 e. The maximum absolute atomic E-state index is 10.8. The van der Waals surface area contributed by atoms with Crippen molar-refractivity contribution < 1.29 is 28.9 Å². The van der Waals surface area contributed by atoms with E-state index in [1.54, 1.807) is 6.92 Å². The zero-order valence-electron chi connectivity index (χ0n) is 18.3. The van der Waals surface area contributed by atoms with Gasteiger partial charge >= 0.3 is 5.97 Å². The van der Waals surface area contributed by atoms with Crippen LogP contribution in [0.15, 0.2) is 12.3 Å². The van der Waals surface area contributed by atoms with Crippen molar-refractivity contribution in [3.63, 3.8) is 0 Å². The van der Waals surface area contributed by atoms with Crippen LogP contribution in [-0.2, 0) is 14.3 Å². The summed E-state index contributed by atoms with van der Waals surface area (Å²) in [5.41, 5.74) is 4.74.